The average Bonchev–Trinajstić information content (AvgIpc) is 3.23. The summed E-state index contributed by atoms with van der Waals surface area (Å²) in [5, 5.41) is 8.43. The first-order chi connectivity index (χ1) is 12.2. The minimum absolute atomic E-state index is 0.371. The summed E-state index contributed by atoms with van der Waals surface area (Å²) in [6.45, 7) is 3.77. The molecule has 0 atom stereocenters. The Morgan fingerprint density at radius 2 is 1.84 bits per heavy atom. The van der Waals surface area contributed by atoms with Crippen molar-refractivity contribution in [2.24, 2.45) is 5.10 Å². The van der Waals surface area contributed by atoms with Gasteiger partial charge in [-0.25, -0.2) is 4.98 Å². The summed E-state index contributed by atoms with van der Waals surface area (Å²) in [4.78, 5) is 12.1. The Balaban J connectivity index is 1.75. The van der Waals surface area contributed by atoms with Crippen LogP contribution in [0.1, 0.15) is 23.1 Å². The number of para-hydroxylation sites is 2. The zero-order valence-corrected chi connectivity index (χ0v) is 13.8. The smallest absolute Gasteiger partial charge is 0.226 e. The van der Waals surface area contributed by atoms with Crippen molar-refractivity contribution in [2.45, 2.75) is 13.8 Å². The minimum Gasteiger partial charge on any atom is -0.339 e. The number of anilines is 1. The number of nitrogens with one attached hydrogen (secondary N) is 2. The number of hydrogen-bond donors (Lipinski definition) is 2. The third kappa shape index (κ3) is 3.12. The third-order valence-corrected chi connectivity index (χ3v) is 3.70. The summed E-state index contributed by atoms with van der Waals surface area (Å²) in [5.41, 5.74) is 7.32. The molecule has 2 aromatic carbocycles. The highest BCUT2D eigenvalue weighted by Crippen LogP contribution is 2.15. The molecule has 2 N–H and O–H groups in total. The summed E-state index contributed by atoms with van der Waals surface area (Å²) in [7, 11) is 0. The Hall–Kier alpha value is -3.48. The van der Waals surface area contributed by atoms with E-state index in [1.54, 1.807) is 6.92 Å². The third-order valence-electron chi connectivity index (χ3n) is 3.70. The molecule has 0 bridgehead atoms. The van der Waals surface area contributed by atoms with Crippen LogP contribution in [-0.4, -0.2) is 25.8 Å². The molecule has 4 rings (SSSR count). The highest BCUT2D eigenvalue weighted by Gasteiger charge is 2.18. The molecule has 0 saturated carbocycles. The first kappa shape index (κ1) is 15.1. The standard InChI is InChI=1S/C18H16N6O/c1-11-7-9-13(10-8-11)22-23-16(18-19-12(2)25-24-18)17-20-14-5-3-4-6-15(14)21-17/h3-10,22H,1-2H3,(H,20,21). The van der Waals surface area contributed by atoms with Crippen LogP contribution in [0.15, 0.2) is 58.2 Å². The van der Waals surface area contributed by atoms with Crippen molar-refractivity contribution in [2.75, 3.05) is 5.43 Å². The predicted molar refractivity (Wildman–Crippen MR) is 95.6 cm³/mol. The van der Waals surface area contributed by atoms with Crippen molar-refractivity contribution in [3.63, 3.8) is 0 Å². The van der Waals surface area contributed by atoms with E-state index >= 15 is 0 Å². The molecule has 0 aliphatic carbocycles. The van der Waals surface area contributed by atoms with Gasteiger partial charge in [0, 0.05) is 6.92 Å². The van der Waals surface area contributed by atoms with Gasteiger partial charge in [0.1, 0.15) is 0 Å². The second kappa shape index (κ2) is 6.20. The molecule has 0 aliphatic rings. The average molecular weight is 332 g/mol. The normalized spacial score (nSPS) is 11.8. The van der Waals surface area contributed by atoms with Gasteiger partial charge >= 0.3 is 0 Å². The highest BCUT2D eigenvalue weighted by atomic mass is 16.5. The van der Waals surface area contributed by atoms with Crippen LogP contribution < -0.4 is 5.43 Å². The van der Waals surface area contributed by atoms with Gasteiger partial charge < -0.3 is 9.51 Å². The summed E-state index contributed by atoms with van der Waals surface area (Å²) >= 11 is 0. The Bertz CT molecular complexity index is 1010. The van der Waals surface area contributed by atoms with Crippen LogP contribution in [0.2, 0.25) is 0 Å². The molecular weight excluding hydrogens is 316 g/mol. The number of aryl methyl sites for hydroxylation is 2. The SMILES string of the molecule is Cc1ccc(NN=C(c2noc(C)n2)c2nc3ccccc3[nH]2)cc1. The topological polar surface area (TPSA) is 92.0 Å². The molecule has 4 aromatic rings. The van der Waals surface area contributed by atoms with Gasteiger partial charge in [0.25, 0.3) is 0 Å². The lowest BCUT2D eigenvalue weighted by Gasteiger charge is -2.03. The van der Waals surface area contributed by atoms with E-state index in [2.05, 4.69) is 30.6 Å². The van der Waals surface area contributed by atoms with Crippen LogP contribution in [0, 0.1) is 13.8 Å². The van der Waals surface area contributed by atoms with Gasteiger partial charge in [-0.3, -0.25) is 5.43 Å². The molecule has 124 valence electrons. The maximum absolute atomic E-state index is 5.10. The fourth-order valence-corrected chi connectivity index (χ4v) is 2.42. The van der Waals surface area contributed by atoms with Gasteiger partial charge in [-0.05, 0) is 31.2 Å². The van der Waals surface area contributed by atoms with E-state index in [1.807, 2.05) is 55.5 Å². The van der Waals surface area contributed by atoms with Crippen molar-refractivity contribution < 1.29 is 4.52 Å². The number of hydrazone groups is 1. The molecule has 0 saturated heterocycles. The van der Waals surface area contributed by atoms with Crippen molar-refractivity contribution in [1.82, 2.24) is 20.1 Å². The molecular formula is C18H16N6O. The van der Waals surface area contributed by atoms with Crippen LogP contribution in [0.25, 0.3) is 11.0 Å². The van der Waals surface area contributed by atoms with E-state index in [-0.39, 0.29) is 0 Å². The molecule has 2 aromatic heterocycles. The van der Waals surface area contributed by atoms with Gasteiger partial charge in [-0.15, -0.1) is 0 Å². The molecule has 2 heterocycles. The first-order valence-corrected chi connectivity index (χ1v) is 7.85. The molecule has 25 heavy (non-hydrogen) atoms. The molecule has 0 amide bonds. The number of rotatable bonds is 4. The van der Waals surface area contributed by atoms with Crippen LogP contribution >= 0.6 is 0 Å². The summed E-state index contributed by atoms with van der Waals surface area (Å²) in [6.07, 6.45) is 0. The predicted octanol–water partition coefficient (Wildman–Crippen LogP) is 3.43. The largest absolute Gasteiger partial charge is 0.339 e. The van der Waals surface area contributed by atoms with Crippen LogP contribution in [-0.2, 0) is 0 Å². The van der Waals surface area contributed by atoms with Gasteiger partial charge in [0.05, 0.1) is 16.7 Å². The number of hydrogen-bond acceptors (Lipinski definition) is 6. The van der Waals surface area contributed by atoms with Gasteiger partial charge in [-0.1, -0.05) is 35.0 Å². The zero-order valence-electron chi connectivity index (χ0n) is 13.8. The molecule has 7 nitrogen and oxygen atoms in total. The van der Waals surface area contributed by atoms with E-state index in [1.165, 1.54) is 5.56 Å². The van der Waals surface area contributed by atoms with Crippen molar-refractivity contribution in [3.05, 3.63) is 71.6 Å². The molecule has 0 radical (unpaired) electrons. The van der Waals surface area contributed by atoms with Crippen molar-refractivity contribution in [3.8, 4) is 0 Å². The first-order valence-electron chi connectivity index (χ1n) is 7.85. The summed E-state index contributed by atoms with van der Waals surface area (Å²) < 4.78 is 5.10. The molecule has 0 spiro atoms. The van der Waals surface area contributed by atoms with E-state index in [0.29, 0.717) is 23.3 Å². The molecule has 0 fully saturated rings. The van der Waals surface area contributed by atoms with Crippen molar-refractivity contribution >= 4 is 22.4 Å². The minimum atomic E-state index is 0.371. The Morgan fingerprint density at radius 1 is 1.04 bits per heavy atom. The number of aromatic amines is 1. The Kier molecular flexibility index (Phi) is 3.74. The van der Waals surface area contributed by atoms with Crippen LogP contribution in [0.5, 0.6) is 0 Å². The highest BCUT2D eigenvalue weighted by molar-refractivity contribution is 6.09. The molecule has 0 unspecified atom stereocenters. The quantitative estimate of drug-likeness (QED) is 0.441. The number of nitrogens with zero attached hydrogens (tertiary/aromatic N) is 4. The maximum atomic E-state index is 5.10. The Morgan fingerprint density at radius 3 is 2.56 bits per heavy atom. The lowest BCUT2D eigenvalue weighted by Crippen LogP contribution is -2.10. The second-order valence-corrected chi connectivity index (χ2v) is 5.68. The molecule has 0 aliphatic heterocycles. The van der Waals surface area contributed by atoms with Gasteiger partial charge in [-0.2, -0.15) is 10.1 Å². The number of H-pyrrole nitrogens is 1. The number of benzene rings is 2. The van der Waals surface area contributed by atoms with Crippen LogP contribution in [0.4, 0.5) is 5.69 Å². The Labute approximate surface area is 143 Å². The van der Waals surface area contributed by atoms with Gasteiger partial charge in [0.15, 0.2) is 11.5 Å². The number of fused-ring (bicyclic) bond motifs is 1. The fourth-order valence-electron chi connectivity index (χ4n) is 2.42. The summed E-state index contributed by atoms with van der Waals surface area (Å²) in [5.74, 6) is 1.41. The molecule has 7 heteroatoms. The van der Waals surface area contributed by atoms with Gasteiger partial charge in [0.2, 0.25) is 11.7 Å². The van der Waals surface area contributed by atoms with Crippen LogP contribution in [0.3, 0.4) is 0 Å². The fraction of sp³-hybridized carbons (Fsp3) is 0.111. The lowest BCUT2D eigenvalue weighted by molar-refractivity contribution is 0.392. The van der Waals surface area contributed by atoms with Crippen molar-refractivity contribution in [1.29, 1.82) is 0 Å². The zero-order chi connectivity index (χ0) is 17.2. The lowest BCUT2D eigenvalue weighted by atomic mass is 10.2. The second-order valence-electron chi connectivity index (χ2n) is 5.68. The maximum Gasteiger partial charge on any atom is 0.226 e. The van der Waals surface area contributed by atoms with E-state index < -0.39 is 0 Å². The number of aromatic nitrogens is 4. The monoisotopic (exact) mass is 332 g/mol. The summed E-state index contributed by atoms with van der Waals surface area (Å²) in [6, 6.07) is 15.7. The van der Waals surface area contributed by atoms with E-state index in [9.17, 15) is 0 Å². The van der Waals surface area contributed by atoms with E-state index in [0.717, 1.165) is 16.7 Å². The number of imidazole rings is 1. The van der Waals surface area contributed by atoms with E-state index in [4.69, 9.17) is 4.52 Å².